The third-order valence-electron chi connectivity index (χ3n) is 2.90. The van der Waals surface area contributed by atoms with E-state index < -0.39 is 5.97 Å². The summed E-state index contributed by atoms with van der Waals surface area (Å²) < 4.78 is 0. The number of pyridine rings is 1. The number of nitrogens with zero attached hydrogens (tertiary/aromatic N) is 2. The summed E-state index contributed by atoms with van der Waals surface area (Å²) in [6.45, 7) is 1.24. The van der Waals surface area contributed by atoms with Crippen molar-refractivity contribution < 1.29 is 9.90 Å². The molecule has 20 heavy (non-hydrogen) atoms. The van der Waals surface area contributed by atoms with E-state index in [1.807, 2.05) is 36.2 Å². The molecule has 1 aromatic heterocycles. The van der Waals surface area contributed by atoms with Gasteiger partial charge in [-0.05, 0) is 36.4 Å². The van der Waals surface area contributed by atoms with Crippen LogP contribution >= 0.6 is 11.6 Å². The molecule has 4 nitrogen and oxygen atoms in total. The Bertz CT molecular complexity index is 599. The summed E-state index contributed by atoms with van der Waals surface area (Å²) in [5.74, 6) is -1.000. The first-order valence-corrected chi connectivity index (χ1v) is 6.54. The van der Waals surface area contributed by atoms with Crippen LogP contribution in [0.3, 0.4) is 0 Å². The summed E-state index contributed by atoms with van der Waals surface area (Å²) in [6, 6.07) is 11.1. The first-order chi connectivity index (χ1) is 9.56. The molecule has 0 saturated heterocycles. The van der Waals surface area contributed by atoms with E-state index in [9.17, 15) is 4.79 Å². The second-order valence-electron chi connectivity index (χ2n) is 4.62. The Morgan fingerprint density at radius 3 is 2.60 bits per heavy atom. The molecule has 1 heterocycles. The minimum absolute atomic E-state index is 0.107. The molecule has 0 aliphatic rings. The highest BCUT2D eigenvalue weighted by Gasteiger charge is 2.12. The number of halogens is 1. The van der Waals surface area contributed by atoms with Gasteiger partial charge >= 0.3 is 5.97 Å². The number of carboxylic acids is 1. The molecule has 0 unspecified atom stereocenters. The van der Waals surface area contributed by atoms with Crippen LogP contribution < -0.4 is 0 Å². The van der Waals surface area contributed by atoms with Crippen molar-refractivity contribution in [3.8, 4) is 0 Å². The number of aromatic nitrogens is 1. The Hall–Kier alpha value is -1.91. The van der Waals surface area contributed by atoms with Gasteiger partial charge in [0.25, 0.3) is 0 Å². The number of benzene rings is 1. The lowest BCUT2D eigenvalue weighted by atomic mass is 10.1. The normalized spacial score (nSPS) is 10.8. The van der Waals surface area contributed by atoms with E-state index in [2.05, 4.69) is 4.98 Å². The second-order valence-corrected chi connectivity index (χ2v) is 5.05. The van der Waals surface area contributed by atoms with E-state index in [0.29, 0.717) is 23.7 Å². The third kappa shape index (κ3) is 3.79. The van der Waals surface area contributed by atoms with E-state index in [-0.39, 0.29) is 5.69 Å². The number of carboxylic acid groups (broad SMARTS) is 1. The topological polar surface area (TPSA) is 53.4 Å². The van der Waals surface area contributed by atoms with Crippen LogP contribution in [0.2, 0.25) is 5.02 Å². The molecule has 5 heteroatoms. The molecule has 0 amide bonds. The average Bonchev–Trinajstić information content (AvgIpc) is 2.41. The van der Waals surface area contributed by atoms with E-state index in [1.54, 1.807) is 12.1 Å². The molecular formula is C15H15ClN2O2. The molecule has 2 aromatic rings. The monoisotopic (exact) mass is 290 g/mol. The van der Waals surface area contributed by atoms with Crippen molar-refractivity contribution in [3.05, 3.63) is 64.4 Å². The summed E-state index contributed by atoms with van der Waals surface area (Å²) in [5, 5.41) is 9.81. The van der Waals surface area contributed by atoms with Crippen molar-refractivity contribution in [3.63, 3.8) is 0 Å². The van der Waals surface area contributed by atoms with Crippen molar-refractivity contribution in [1.82, 2.24) is 9.88 Å². The van der Waals surface area contributed by atoms with Gasteiger partial charge < -0.3 is 5.11 Å². The maximum absolute atomic E-state index is 11.1. The Balaban J connectivity index is 2.06. The van der Waals surface area contributed by atoms with E-state index in [0.717, 1.165) is 5.56 Å². The van der Waals surface area contributed by atoms with Gasteiger partial charge in [0.15, 0.2) is 5.69 Å². The molecular weight excluding hydrogens is 276 g/mol. The van der Waals surface area contributed by atoms with Crippen LogP contribution in [-0.2, 0) is 13.1 Å². The molecule has 0 saturated carbocycles. The Morgan fingerprint density at radius 1 is 1.25 bits per heavy atom. The lowest BCUT2D eigenvalue weighted by molar-refractivity contribution is 0.0688. The minimum Gasteiger partial charge on any atom is -0.477 e. The van der Waals surface area contributed by atoms with E-state index in [4.69, 9.17) is 16.7 Å². The minimum atomic E-state index is -1.000. The zero-order chi connectivity index (χ0) is 14.5. The van der Waals surface area contributed by atoms with Crippen LogP contribution in [0.15, 0.2) is 42.6 Å². The van der Waals surface area contributed by atoms with Gasteiger partial charge in [-0.3, -0.25) is 4.90 Å². The van der Waals surface area contributed by atoms with Crippen molar-refractivity contribution in [2.45, 2.75) is 13.1 Å². The molecule has 1 N–H and O–H groups in total. The fraction of sp³-hybridized carbons (Fsp3) is 0.200. The average molecular weight is 291 g/mol. The Kier molecular flexibility index (Phi) is 4.71. The first-order valence-electron chi connectivity index (χ1n) is 6.16. The van der Waals surface area contributed by atoms with Crippen LogP contribution in [0.5, 0.6) is 0 Å². The highest BCUT2D eigenvalue weighted by Crippen LogP contribution is 2.13. The van der Waals surface area contributed by atoms with Crippen LogP contribution in [-0.4, -0.2) is 28.0 Å². The van der Waals surface area contributed by atoms with E-state index >= 15 is 0 Å². The lowest BCUT2D eigenvalue weighted by Gasteiger charge is -2.17. The van der Waals surface area contributed by atoms with Crippen molar-refractivity contribution in [1.29, 1.82) is 0 Å². The van der Waals surface area contributed by atoms with Gasteiger partial charge in [-0.15, -0.1) is 0 Å². The van der Waals surface area contributed by atoms with Crippen molar-refractivity contribution >= 4 is 17.6 Å². The molecule has 0 radical (unpaired) electrons. The predicted molar refractivity (Wildman–Crippen MR) is 77.8 cm³/mol. The molecule has 1 aromatic carbocycles. The maximum Gasteiger partial charge on any atom is 0.354 e. The van der Waals surface area contributed by atoms with Gasteiger partial charge in [-0.1, -0.05) is 29.8 Å². The molecule has 0 spiro atoms. The molecule has 104 valence electrons. The fourth-order valence-corrected chi connectivity index (χ4v) is 2.13. The van der Waals surface area contributed by atoms with Crippen LogP contribution in [0.4, 0.5) is 0 Å². The number of aromatic carboxylic acids is 1. The molecule has 0 aliphatic heterocycles. The van der Waals surface area contributed by atoms with Crippen LogP contribution in [0, 0.1) is 0 Å². The van der Waals surface area contributed by atoms with Crippen molar-refractivity contribution in [2.75, 3.05) is 7.05 Å². The Morgan fingerprint density at radius 2 is 1.95 bits per heavy atom. The highest BCUT2D eigenvalue weighted by atomic mass is 35.5. The van der Waals surface area contributed by atoms with Gasteiger partial charge in [0.2, 0.25) is 0 Å². The SMILES string of the molecule is CN(Cc1ccc(Cl)cc1)Cc1cccnc1C(=O)O. The van der Waals surface area contributed by atoms with Gasteiger partial charge in [-0.25, -0.2) is 9.78 Å². The quantitative estimate of drug-likeness (QED) is 0.919. The van der Waals surface area contributed by atoms with Crippen molar-refractivity contribution in [2.24, 2.45) is 0 Å². The fourth-order valence-electron chi connectivity index (χ4n) is 2.01. The molecule has 0 aliphatic carbocycles. The summed E-state index contributed by atoms with van der Waals surface area (Å²) in [6.07, 6.45) is 1.49. The summed E-state index contributed by atoms with van der Waals surface area (Å²) in [5.41, 5.74) is 1.93. The van der Waals surface area contributed by atoms with Gasteiger partial charge in [0, 0.05) is 24.3 Å². The molecule has 2 rings (SSSR count). The number of hydrogen-bond acceptors (Lipinski definition) is 3. The smallest absolute Gasteiger partial charge is 0.354 e. The van der Waals surface area contributed by atoms with Gasteiger partial charge in [0.05, 0.1) is 0 Å². The number of carbonyl (C=O) groups is 1. The standard InChI is InChI=1S/C15H15ClN2O2/c1-18(9-11-4-6-13(16)7-5-11)10-12-3-2-8-17-14(12)15(19)20/h2-8H,9-10H2,1H3,(H,19,20). The van der Waals surface area contributed by atoms with Crippen LogP contribution in [0.1, 0.15) is 21.6 Å². The lowest BCUT2D eigenvalue weighted by Crippen LogP contribution is -2.19. The summed E-state index contributed by atoms with van der Waals surface area (Å²) in [7, 11) is 1.94. The zero-order valence-corrected chi connectivity index (χ0v) is 11.8. The number of rotatable bonds is 5. The zero-order valence-electron chi connectivity index (χ0n) is 11.1. The van der Waals surface area contributed by atoms with Gasteiger partial charge in [0.1, 0.15) is 0 Å². The number of hydrogen-bond donors (Lipinski definition) is 1. The first kappa shape index (κ1) is 14.5. The highest BCUT2D eigenvalue weighted by molar-refractivity contribution is 6.30. The van der Waals surface area contributed by atoms with E-state index in [1.165, 1.54) is 6.20 Å². The molecule has 0 atom stereocenters. The maximum atomic E-state index is 11.1. The predicted octanol–water partition coefficient (Wildman–Crippen LogP) is 3.07. The largest absolute Gasteiger partial charge is 0.477 e. The molecule has 0 fully saturated rings. The third-order valence-corrected chi connectivity index (χ3v) is 3.15. The van der Waals surface area contributed by atoms with Crippen LogP contribution in [0.25, 0.3) is 0 Å². The molecule has 0 bridgehead atoms. The second kappa shape index (κ2) is 6.50. The summed E-state index contributed by atoms with van der Waals surface area (Å²) in [4.78, 5) is 17.0. The summed E-state index contributed by atoms with van der Waals surface area (Å²) >= 11 is 5.85. The van der Waals surface area contributed by atoms with Gasteiger partial charge in [-0.2, -0.15) is 0 Å². The Labute approximate surface area is 122 Å².